The summed E-state index contributed by atoms with van der Waals surface area (Å²) < 4.78 is 0. The molecule has 0 aliphatic carbocycles. The van der Waals surface area contributed by atoms with Crippen LogP contribution in [-0.4, -0.2) is 17.0 Å². The van der Waals surface area contributed by atoms with E-state index in [1.807, 2.05) is 0 Å². The number of phenolic OH excluding ortho intramolecular Hbond substituents is 1. The third-order valence-electron chi connectivity index (χ3n) is 0.937. The zero-order valence-electron chi connectivity index (χ0n) is 9.27. The molecule has 6 nitrogen and oxygen atoms in total. The summed E-state index contributed by atoms with van der Waals surface area (Å²) in [5.74, 6) is -2.02. The van der Waals surface area contributed by atoms with Crippen molar-refractivity contribution in [3.8, 4) is 5.75 Å². The van der Waals surface area contributed by atoms with Crippen LogP contribution in [0.3, 0.4) is 0 Å². The average Bonchev–Trinajstić information content (AvgIpc) is 2.08. The van der Waals surface area contributed by atoms with Gasteiger partial charge in [-0.3, -0.25) is 0 Å². The number of nitrogen functional groups attached to an aromatic ring is 1. The molecule has 0 amide bonds. The van der Waals surface area contributed by atoms with Crippen LogP contribution in [0, 0.1) is 0 Å². The number of aromatic hydroxyl groups is 1. The first-order chi connectivity index (χ1) is 7.27. The molecule has 17 heavy (non-hydrogen) atoms. The number of rotatable bonds is 0. The molecule has 1 radical (unpaired) electrons. The molecule has 0 bridgehead atoms. The third kappa shape index (κ3) is 25.0. The van der Waals surface area contributed by atoms with Crippen molar-refractivity contribution < 1.29 is 42.0 Å². The third-order valence-corrected chi connectivity index (χ3v) is 0.937. The summed E-state index contributed by atoms with van der Waals surface area (Å²) >= 11 is 0. The van der Waals surface area contributed by atoms with Gasteiger partial charge in [-0.15, -0.1) is 0 Å². The Balaban J connectivity index is -0.000000189. The van der Waals surface area contributed by atoms with Gasteiger partial charge in [0.2, 0.25) is 0 Å². The number of hydrogen-bond acceptors (Lipinski definition) is 6. The van der Waals surface area contributed by atoms with E-state index in [4.69, 9.17) is 30.6 Å². The normalized spacial score (nSPS) is 7.18. The van der Waals surface area contributed by atoms with Crippen molar-refractivity contribution in [1.29, 1.82) is 0 Å². The van der Waals surface area contributed by atoms with Crippen molar-refractivity contribution in [2.75, 3.05) is 5.73 Å². The van der Waals surface area contributed by atoms with Crippen molar-refractivity contribution in [1.82, 2.24) is 0 Å². The average molecular weight is 291 g/mol. The van der Waals surface area contributed by atoms with Gasteiger partial charge in [0.15, 0.2) is 0 Å². The number of carbonyl (C=O) groups excluding carboxylic acids is 2. The summed E-state index contributed by atoms with van der Waals surface area (Å²) in [7, 11) is 0. The zero-order valence-corrected chi connectivity index (χ0v) is 10.2. The largest absolute Gasteiger partial charge is 2.00 e. The molecule has 0 fully saturated rings. The van der Waals surface area contributed by atoms with Gasteiger partial charge in [-0.05, 0) is 26.0 Å². The SMILES string of the molecule is CC(=O)[O-].CC(=O)[O-].Nc1ccccc1O.[Cu+2]. The molecule has 0 atom stereocenters. The van der Waals surface area contributed by atoms with E-state index in [0.717, 1.165) is 13.8 Å². The molecule has 7 heteroatoms. The molecule has 0 aliphatic heterocycles. The van der Waals surface area contributed by atoms with Gasteiger partial charge in [0.05, 0.1) is 5.69 Å². The molecule has 99 valence electrons. The summed E-state index contributed by atoms with van der Waals surface area (Å²) in [5.41, 5.74) is 5.69. The molecule has 1 aromatic carbocycles. The van der Waals surface area contributed by atoms with Gasteiger partial charge in [0, 0.05) is 11.9 Å². The first-order valence-corrected chi connectivity index (χ1v) is 4.16. The molecule has 0 spiro atoms. The van der Waals surface area contributed by atoms with E-state index in [-0.39, 0.29) is 22.8 Å². The molecule has 1 aromatic rings. The maximum atomic E-state index is 8.89. The summed E-state index contributed by atoms with van der Waals surface area (Å²) in [6.45, 7) is 1.94. The number of carbonyl (C=O) groups is 2. The Morgan fingerprint density at radius 1 is 1.12 bits per heavy atom. The fraction of sp³-hybridized carbons (Fsp3) is 0.200. The van der Waals surface area contributed by atoms with Gasteiger partial charge in [-0.1, -0.05) is 12.1 Å². The second-order valence-electron chi connectivity index (χ2n) is 2.54. The van der Waals surface area contributed by atoms with Gasteiger partial charge in [-0.25, -0.2) is 0 Å². The van der Waals surface area contributed by atoms with Crippen LogP contribution in [0.5, 0.6) is 5.75 Å². The number of aliphatic carboxylic acids is 2. The van der Waals surface area contributed by atoms with Crippen LogP contribution in [0.4, 0.5) is 5.69 Å². The Bertz CT molecular complexity index is 302. The Hall–Kier alpha value is -1.72. The molecule has 1 rings (SSSR count). The number of anilines is 1. The smallest absolute Gasteiger partial charge is 0.550 e. The summed E-state index contributed by atoms with van der Waals surface area (Å²) in [6.07, 6.45) is 0. The zero-order chi connectivity index (χ0) is 13.1. The van der Waals surface area contributed by atoms with E-state index in [1.165, 1.54) is 0 Å². The van der Waals surface area contributed by atoms with E-state index >= 15 is 0 Å². The van der Waals surface area contributed by atoms with Crippen LogP contribution >= 0.6 is 0 Å². The van der Waals surface area contributed by atoms with Crippen LogP contribution in [0.2, 0.25) is 0 Å². The number of phenols is 1. The number of carboxylic acids is 2. The summed E-state index contributed by atoms with van der Waals surface area (Å²) in [4.78, 5) is 17.8. The molecule has 0 aliphatic rings. The second kappa shape index (κ2) is 12.3. The van der Waals surface area contributed by atoms with Crippen LogP contribution in [0.25, 0.3) is 0 Å². The molecule has 0 unspecified atom stereocenters. The van der Waals surface area contributed by atoms with Gasteiger partial charge in [0.1, 0.15) is 5.75 Å². The fourth-order valence-corrected chi connectivity index (χ4v) is 0.488. The van der Waals surface area contributed by atoms with E-state index < -0.39 is 11.9 Å². The topological polar surface area (TPSA) is 127 Å². The van der Waals surface area contributed by atoms with Crippen molar-refractivity contribution in [2.24, 2.45) is 0 Å². The van der Waals surface area contributed by atoms with Crippen molar-refractivity contribution in [3.63, 3.8) is 0 Å². The Kier molecular flexibility index (Phi) is 15.0. The number of carboxylic acid groups (broad SMARTS) is 2. The van der Waals surface area contributed by atoms with Crippen molar-refractivity contribution in [3.05, 3.63) is 24.3 Å². The number of nitrogens with two attached hydrogens (primary N) is 1. The van der Waals surface area contributed by atoms with Gasteiger partial charge in [-0.2, -0.15) is 0 Å². The van der Waals surface area contributed by atoms with Crippen LogP contribution in [-0.2, 0) is 26.7 Å². The first-order valence-electron chi connectivity index (χ1n) is 4.16. The fourth-order valence-electron chi connectivity index (χ4n) is 0.488. The standard InChI is InChI=1S/C6H7NO.2C2H4O2.Cu/c7-5-3-1-2-4-6(5)8;2*1-2(3)4;/h1-4,8H,7H2;2*1H3,(H,3,4);/q;;;+2/p-2. The van der Waals surface area contributed by atoms with E-state index in [1.54, 1.807) is 24.3 Å². The molecular formula is C10H13CuNO5. The van der Waals surface area contributed by atoms with Crippen LogP contribution in [0.15, 0.2) is 24.3 Å². The number of para-hydroxylation sites is 2. The maximum absolute atomic E-state index is 8.89. The summed E-state index contributed by atoms with van der Waals surface area (Å²) in [6, 6.07) is 6.70. The van der Waals surface area contributed by atoms with E-state index in [2.05, 4.69) is 0 Å². The molecule has 0 saturated heterocycles. The van der Waals surface area contributed by atoms with E-state index in [0.29, 0.717) is 5.69 Å². The molecule has 0 heterocycles. The van der Waals surface area contributed by atoms with Crippen LogP contribution < -0.4 is 15.9 Å². The van der Waals surface area contributed by atoms with Gasteiger partial charge >= 0.3 is 17.1 Å². The minimum Gasteiger partial charge on any atom is -0.550 e. The summed E-state index contributed by atoms with van der Waals surface area (Å²) in [5, 5.41) is 26.6. The van der Waals surface area contributed by atoms with Crippen LogP contribution in [0.1, 0.15) is 13.8 Å². The Morgan fingerprint density at radius 3 is 1.59 bits per heavy atom. The van der Waals surface area contributed by atoms with Crippen molar-refractivity contribution >= 4 is 17.6 Å². The monoisotopic (exact) mass is 290 g/mol. The van der Waals surface area contributed by atoms with E-state index in [9.17, 15) is 0 Å². The molecule has 0 saturated carbocycles. The van der Waals surface area contributed by atoms with Crippen molar-refractivity contribution in [2.45, 2.75) is 13.8 Å². The quantitative estimate of drug-likeness (QED) is 0.339. The predicted octanol–water partition coefficient (Wildman–Crippen LogP) is -1.52. The number of hydrogen-bond donors (Lipinski definition) is 2. The first kappa shape index (κ1) is 20.7. The minimum atomic E-state index is -1.08. The molecule has 3 N–H and O–H groups in total. The van der Waals surface area contributed by atoms with Gasteiger partial charge in [0.25, 0.3) is 0 Å². The maximum Gasteiger partial charge on any atom is 2.00 e. The predicted molar refractivity (Wildman–Crippen MR) is 53.9 cm³/mol. The number of benzene rings is 1. The minimum absolute atomic E-state index is 0. The molecular weight excluding hydrogens is 278 g/mol. The van der Waals surface area contributed by atoms with Gasteiger partial charge < -0.3 is 30.6 Å². The second-order valence-corrected chi connectivity index (χ2v) is 2.54. The Morgan fingerprint density at radius 2 is 1.41 bits per heavy atom. The molecule has 0 aromatic heterocycles. The Labute approximate surface area is 110 Å².